The van der Waals surface area contributed by atoms with Gasteiger partial charge in [-0.3, -0.25) is 0 Å². The molecular weight excluding hydrogens is 246 g/mol. The summed E-state index contributed by atoms with van der Waals surface area (Å²) in [6.45, 7) is 8.26. The molecule has 2 heteroatoms. The second-order valence-corrected chi connectivity index (χ2v) is 6.92. The summed E-state index contributed by atoms with van der Waals surface area (Å²) >= 11 is 0. The zero-order valence-corrected chi connectivity index (χ0v) is 13.8. The monoisotopic (exact) mass is 281 g/mol. The summed E-state index contributed by atoms with van der Waals surface area (Å²) in [5, 5.41) is 0. The van der Waals surface area contributed by atoms with E-state index < -0.39 is 0 Å². The summed E-state index contributed by atoms with van der Waals surface area (Å²) in [5.41, 5.74) is 0. The molecule has 0 radical (unpaired) electrons. The largest absolute Gasteiger partial charge is 0.378 e. The van der Waals surface area contributed by atoms with Crippen LogP contribution in [0.5, 0.6) is 0 Å². The highest BCUT2D eigenvalue weighted by Gasteiger charge is 2.28. The maximum Gasteiger partial charge on any atom is 0.0576 e. The number of likely N-dealkylation sites (tertiary alicyclic amines) is 1. The van der Waals surface area contributed by atoms with E-state index in [0.29, 0.717) is 6.10 Å². The molecule has 1 aliphatic heterocycles. The van der Waals surface area contributed by atoms with E-state index >= 15 is 0 Å². The molecule has 1 saturated heterocycles. The molecule has 118 valence electrons. The van der Waals surface area contributed by atoms with E-state index in [9.17, 15) is 0 Å². The molecule has 0 atom stereocenters. The van der Waals surface area contributed by atoms with Crippen molar-refractivity contribution in [3.8, 4) is 0 Å². The highest BCUT2D eigenvalue weighted by Crippen LogP contribution is 2.29. The van der Waals surface area contributed by atoms with Gasteiger partial charge in [0.1, 0.15) is 0 Å². The van der Waals surface area contributed by atoms with Crippen LogP contribution in [0.25, 0.3) is 0 Å². The van der Waals surface area contributed by atoms with Crippen molar-refractivity contribution in [2.75, 3.05) is 19.7 Å². The first kappa shape index (κ1) is 16.3. The second kappa shape index (κ2) is 9.04. The smallest absolute Gasteiger partial charge is 0.0576 e. The molecule has 0 bridgehead atoms. The van der Waals surface area contributed by atoms with Crippen molar-refractivity contribution in [3.05, 3.63) is 0 Å². The van der Waals surface area contributed by atoms with E-state index in [0.717, 1.165) is 18.6 Å². The first-order chi connectivity index (χ1) is 9.83. The van der Waals surface area contributed by atoms with Crippen LogP contribution in [0.1, 0.15) is 78.1 Å². The number of nitrogens with zero attached hydrogens (tertiary/aromatic N) is 1. The lowest BCUT2D eigenvalue weighted by Crippen LogP contribution is -2.44. The van der Waals surface area contributed by atoms with Crippen molar-refractivity contribution in [3.63, 3.8) is 0 Å². The molecule has 2 fully saturated rings. The van der Waals surface area contributed by atoms with Crippen LogP contribution < -0.4 is 0 Å². The number of ether oxygens (including phenoxy) is 1. The molecule has 0 unspecified atom stereocenters. The van der Waals surface area contributed by atoms with Crippen LogP contribution in [-0.2, 0) is 4.74 Å². The predicted octanol–water partition coefficient (Wildman–Crippen LogP) is 4.63. The average Bonchev–Trinajstić information content (AvgIpc) is 2.49. The number of hydrogen-bond acceptors (Lipinski definition) is 2. The average molecular weight is 281 g/mol. The lowest BCUT2D eigenvalue weighted by molar-refractivity contribution is 0.000596. The molecule has 0 aromatic carbocycles. The van der Waals surface area contributed by atoms with Gasteiger partial charge in [0.2, 0.25) is 0 Å². The van der Waals surface area contributed by atoms with Gasteiger partial charge in [0.25, 0.3) is 0 Å². The molecule has 2 rings (SSSR count). The summed E-state index contributed by atoms with van der Waals surface area (Å²) in [4.78, 5) is 2.79. The molecular formula is C18H35NO. The van der Waals surface area contributed by atoms with E-state index in [1.54, 1.807) is 0 Å². The lowest BCUT2D eigenvalue weighted by Gasteiger charge is -2.40. The summed E-state index contributed by atoms with van der Waals surface area (Å²) < 4.78 is 5.99. The van der Waals surface area contributed by atoms with Gasteiger partial charge in [-0.05, 0) is 64.0 Å². The molecule has 0 aromatic heterocycles. The van der Waals surface area contributed by atoms with Crippen LogP contribution in [-0.4, -0.2) is 36.7 Å². The van der Waals surface area contributed by atoms with Gasteiger partial charge in [-0.2, -0.15) is 0 Å². The summed E-state index contributed by atoms with van der Waals surface area (Å²) in [6, 6.07) is 0.864. The fourth-order valence-electron chi connectivity index (χ4n) is 3.99. The van der Waals surface area contributed by atoms with Gasteiger partial charge >= 0.3 is 0 Å². The molecule has 1 aliphatic carbocycles. The lowest BCUT2D eigenvalue weighted by atomic mass is 9.87. The van der Waals surface area contributed by atoms with Crippen molar-refractivity contribution < 1.29 is 4.74 Å². The zero-order chi connectivity index (χ0) is 14.2. The van der Waals surface area contributed by atoms with Crippen molar-refractivity contribution in [2.24, 2.45) is 5.92 Å². The Morgan fingerprint density at radius 1 is 0.900 bits per heavy atom. The summed E-state index contributed by atoms with van der Waals surface area (Å²) in [5.74, 6) is 1.02. The Bertz CT molecular complexity index is 240. The molecule has 2 aliphatic rings. The first-order valence-electron chi connectivity index (χ1n) is 9.19. The molecule has 0 amide bonds. The van der Waals surface area contributed by atoms with Crippen molar-refractivity contribution in [1.29, 1.82) is 0 Å². The predicted molar refractivity (Wildman–Crippen MR) is 86.1 cm³/mol. The van der Waals surface area contributed by atoms with Gasteiger partial charge in [0, 0.05) is 12.6 Å². The number of piperidine rings is 1. The van der Waals surface area contributed by atoms with E-state index in [4.69, 9.17) is 4.74 Å². The standard InChI is InChI=1S/C18H35NO/c1-3-5-15-20-18-9-7-17(8-10-18)19-13-11-16(6-4-2)12-14-19/h16-18H,3-15H2,1-2H3/t17-,18-. The SMILES string of the molecule is CCCCO[C@H]1CC[C@H](N2CCC(CCC)CC2)CC1. The Labute approximate surface area is 126 Å². The van der Waals surface area contributed by atoms with Gasteiger partial charge in [-0.15, -0.1) is 0 Å². The number of unbranched alkanes of at least 4 members (excludes halogenated alkanes) is 1. The molecule has 1 heterocycles. The molecule has 20 heavy (non-hydrogen) atoms. The Balaban J connectivity index is 1.62. The highest BCUT2D eigenvalue weighted by atomic mass is 16.5. The van der Waals surface area contributed by atoms with E-state index in [1.165, 1.54) is 77.3 Å². The minimum atomic E-state index is 0.565. The van der Waals surface area contributed by atoms with Crippen LogP contribution in [0.3, 0.4) is 0 Å². The quantitative estimate of drug-likeness (QED) is 0.631. The Hall–Kier alpha value is -0.0800. The maximum atomic E-state index is 5.99. The van der Waals surface area contributed by atoms with Gasteiger partial charge in [-0.25, -0.2) is 0 Å². The van der Waals surface area contributed by atoms with E-state index in [2.05, 4.69) is 18.7 Å². The molecule has 0 spiro atoms. The maximum absolute atomic E-state index is 5.99. The Kier molecular flexibility index (Phi) is 7.37. The zero-order valence-electron chi connectivity index (χ0n) is 13.8. The van der Waals surface area contributed by atoms with Crippen molar-refractivity contribution in [1.82, 2.24) is 4.90 Å². The fourth-order valence-corrected chi connectivity index (χ4v) is 3.99. The van der Waals surface area contributed by atoms with Gasteiger partial charge in [0.15, 0.2) is 0 Å². The normalized spacial score (nSPS) is 29.7. The van der Waals surface area contributed by atoms with Gasteiger partial charge < -0.3 is 9.64 Å². The van der Waals surface area contributed by atoms with Gasteiger partial charge in [0.05, 0.1) is 6.10 Å². The fraction of sp³-hybridized carbons (Fsp3) is 1.00. The third-order valence-electron chi connectivity index (χ3n) is 5.36. The summed E-state index contributed by atoms with van der Waals surface area (Å²) in [7, 11) is 0. The van der Waals surface area contributed by atoms with Crippen LogP contribution in [0, 0.1) is 5.92 Å². The van der Waals surface area contributed by atoms with Crippen molar-refractivity contribution >= 4 is 0 Å². The van der Waals surface area contributed by atoms with Crippen LogP contribution in [0.15, 0.2) is 0 Å². The van der Waals surface area contributed by atoms with Crippen LogP contribution in [0.4, 0.5) is 0 Å². The van der Waals surface area contributed by atoms with Crippen LogP contribution >= 0.6 is 0 Å². The first-order valence-corrected chi connectivity index (χ1v) is 9.19. The van der Waals surface area contributed by atoms with E-state index in [1.807, 2.05) is 0 Å². The van der Waals surface area contributed by atoms with Crippen LogP contribution in [0.2, 0.25) is 0 Å². The van der Waals surface area contributed by atoms with Crippen molar-refractivity contribution in [2.45, 2.75) is 90.2 Å². The Morgan fingerprint density at radius 3 is 2.20 bits per heavy atom. The molecule has 2 nitrogen and oxygen atoms in total. The van der Waals surface area contributed by atoms with Gasteiger partial charge in [-0.1, -0.05) is 33.1 Å². The summed E-state index contributed by atoms with van der Waals surface area (Å²) in [6.07, 6.45) is 14.1. The molecule has 0 N–H and O–H groups in total. The molecule has 0 aromatic rings. The number of rotatable bonds is 7. The highest BCUT2D eigenvalue weighted by molar-refractivity contribution is 4.83. The topological polar surface area (TPSA) is 12.5 Å². The third-order valence-corrected chi connectivity index (χ3v) is 5.36. The Morgan fingerprint density at radius 2 is 1.60 bits per heavy atom. The molecule has 1 saturated carbocycles. The second-order valence-electron chi connectivity index (χ2n) is 6.92. The third kappa shape index (κ3) is 5.04. The number of hydrogen-bond donors (Lipinski definition) is 0. The minimum Gasteiger partial charge on any atom is -0.378 e. The minimum absolute atomic E-state index is 0.565. The van der Waals surface area contributed by atoms with E-state index in [-0.39, 0.29) is 0 Å².